The van der Waals surface area contributed by atoms with E-state index in [1.165, 1.54) is 6.42 Å². The fourth-order valence-corrected chi connectivity index (χ4v) is 0.946. The van der Waals surface area contributed by atoms with Crippen molar-refractivity contribution in [2.24, 2.45) is 0 Å². The van der Waals surface area contributed by atoms with Crippen LogP contribution in [-0.4, -0.2) is 28.2 Å². The van der Waals surface area contributed by atoms with Gasteiger partial charge < -0.3 is 10.2 Å². The van der Waals surface area contributed by atoms with Crippen LogP contribution < -0.4 is 0 Å². The van der Waals surface area contributed by atoms with Crippen LogP contribution in [0.4, 0.5) is 0 Å². The summed E-state index contributed by atoms with van der Waals surface area (Å²) in [5, 5.41) is 16.1. The standard InChI is InChI=1S/C6H10O.2C3H8O/c7-6-4-2-1-3-5-6;2*1-3(2)4/h1-5H2;2*3-4H,1-2H3. The van der Waals surface area contributed by atoms with Crippen molar-refractivity contribution in [3.63, 3.8) is 0 Å². The maximum atomic E-state index is 10.5. The summed E-state index contributed by atoms with van der Waals surface area (Å²) in [4.78, 5) is 10.5. The Labute approximate surface area is 93.5 Å². The molecule has 0 heterocycles. The highest BCUT2D eigenvalue weighted by Crippen LogP contribution is 2.12. The van der Waals surface area contributed by atoms with E-state index < -0.39 is 0 Å². The Bertz CT molecular complexity index is 122. The molecule has 0 spiro atoms. The van der Waals surface area contributed by atoms with Gasteiger partial charge in [-0.15, -0.1) is 0 Å². The van der Waals surface area contributed by atoms with Crippen molar-refractivity contribution in [1.82, 2.24) is 0 Å². The van der Waals surface area contributed by atoms with E-state index in [-0.39, 0.29) is 12.2 Å². The minimum Gasteiger partial charge on any atom is -0.394 e. The summed E-state index contributed by atoms with van der Waals surface area (Å²) >= 11 is 0. The van der Waals surface area contributed by atoms with Gasteiger partial charge >= 0.3 is 0 Å². The quantitative estimate of drug-likeness (QED) is 0.656. The number of hydrogen-bond donors (Lipinski definition) is 2. The van der Waals surface area contributed by atoms with E-state index in [0.29, 0.717) is 5.78 Å². The van der Waals surface area contributed by atoms with Crippen molar-refractivity contribution in [3.8, 4) is 0 Å². The molecule has 0 aromatic heterocycles. The van der Waals surface area contributed by atoms with Gasteiger partial charge in [-0.2, -0.15) is 0 Å². The van der Waals surface area contributed by atoms with Gasteiger partial charge in [0.05, 0.1) is 0 Å². The predicted octanol–water partition coefficient (Wildman–Crippen LogP) is 2.29. The molecule has 1 saturated carbocycles. The van der Waals surface area contributed by atoms with Crippen LogP contribution in [0, 0.1) is 0 Å². The van der Waals surface area contributed by atoms with Gasteiger partial charge in [-0.25, -0.2) is 0 Å². The lowest BCUT2D eigenvalue weighted by atomic mass is 10.00. The van der Waals surface area contributed by atoms with Crippen LogP contribution in [0.15, 0.2) is 0 Å². The molecule has 3 nitrogen and oxygen atoms in total. The third-order valence-corrected chi connectivity index (χ3v) is 1.41. The molecule has 0 aliphatic heterocycles. The number of rotatable bonds is 0. The number of ketones is 1. The number of carbonyl (C=O) groups is 1. The largest absolute Gasteiger partial charge is 0.394 e. The average molecular weight is 218 g/mol. The van der Waals surface area contributed by atoms with Gasteiger partial charge in [-0.1, -0.05) is 6.42 Å². The van der Waals surface area contributed by atoms with E-state index in [4.69, 9.17) is 10.2 Å². The lowest BCUT2D eigenvalue weighted by Crippen LogP contribution is -2.02. The molecule has 0 unspecified atom stereocenters. The zero-order valence-corrected chi connectivity index (χ0v) is 10.5. The predicted molar refractivity (Wildman–Crippen MR) is 62.8 cm³/mol. The van der Waals surface area contributed by atoms with Gasteiger partial charge in [0.1, 0.15) is 5.78 Å². The molecule has 0 saturated heterocycles. The van der Waals surface area contributed by atoms with Crippen LogP contribution in [0.25, 0.3) is 0 Å². The normalized spacial score (nSPS) is 15.3. The highest BCUT2D eigenvalue weighted by atomic mass is 16.3. The first-order chi connectivity index (χ1) is 6.86. The second kappa shape index (κ2) is 11.7. The molecular formula is C12H26O3. The molecule has 0 atom stereocenters. The minimum atomic E-state index is -0.167. The molecule has 1 aliphatic rings. The van der Waals surface area contributed by atoms with Gasteiger partial charge in [-0.05, 0) is 40.5 Å². The molecule has 0 radical (unpaired) electrons. The lowest BCUT2D eigenvalue weighted by molar-refractivity contribution is -0.120. The molecule has 0 amide bonds. The number of aliphatic hydroxyl groups is 2. The van der Waals surface area contributed by atoms with E-state index in [1.807, 2.05) is 0 Å². The van der Waals surface area contributed by atoms with Gasteiger partial charge in [0, 0.05) is 25.0 Å². The topological polar surface area (TPSA) is 57.5 Å². The Kier molecular flexibility index (Phi) is 13.2. The summed E-state index contributed by atoms with van der Waals surface area (Å²) in [6, 6.07) is 0. The molecule has 1 aliphatic carbocycles. The third-order valence-electron chi connectivity index (χ3n) is 1.41. The Morgan fingerprint density at radius 3 is 1.27 bits per heavy atom. The monoisotopic (exact) mass is 218 g/mol. The molecule has 92 valence electrons. The highest BCUT2D eigenvalue weighted by molar-refractivity contribution is 5.78. The van der Waals surface area contributed by atoms with Crippen LogP contribution >= 0.6 is 0 Å². The molecule has 2 N–H and O–H groups in total. The Hall–Kier alpha value is -0.410. The molecule has 1 fully saturated rings. The van der Waals surface area contributed by atoms with Crippen molar-refractivity contribution >= 4 is 5.78 Å². The number of hydrogen-bond acceptors (Lipinski definition) is 3. The van der Waals surface area contributed by atoms with Crippen LogP contribution in [-0.2, 0) is 4.79 Å². The minimum absolute atomic E-state index is 0.167. The van der Waals surface area contributed by atoms with E-state index in [1.54, 1.807) is 27.7 Å². The van der Waals surface area contributed by atoms with Crippen LogP contribution in [0.2, 0.25) is 0 Å². The summed E-state index contributed by atoms with van der Waals surface area (Å²) in [5.74, 6) is 0.464. The van der Waals surface area contributed by atoms with Crippen LogP contribution in [0.3, 0.4) is 0 Å². The molecular weight excluding hydrogens is 192 g/mol. The van der Waals surface area contributed by atoms with Crippen molar-refractivity contribution in [3.05, 3.63) is 0 Å². The number of Topliss-reactive ketones (excluding diaryl/α,β-unsaturated/α-hetero) is 1. The van der Waals surface area contributed by atoms with Crippen molar-refractivity contribution in [2.45, 2.75) is 72.0 Å². The second-order valence-corrected chi connectivity index (χ2v) is 4.29. The summed E-state index contributed by atoms with van der Waals surface area (Å²) in [5.41, 5.74) is 0. The van der Waals surface area contributed by atoms with E-state index >= 15 is 0 Å². The lowest BCUT2D eigenvalue weighted by Gasteiger charge is -2.05. The van der Waals surface area contributed by atoms with Gasteiger partial charge in [0.2, 0.25) is 0 Å². The van der Waals surface area contributed by atoms with Crippen LogP contribution in [0.1, 0.15) is 59.8 Å². The van der Waals surface area contributed by atoms with Crippen LogP contribution in [0.5, 0.6) is 0 Å². The fraction of sp³-hybridized carbons (Fsp3) is 0.917. The molecule has 3 heteroatoms. The Morgan fingerprint density at radius 1 is 0.867 bits per heavy atom. The van der Waals surface area contributed by atoms with Gasteiger partial charge in [0.15, 0.2) is 0 Å². The van der Waals surface area contributed by atoms with Crippen molar-refractivity contribution in [1.29, 1.82) is 0 Å². The SMILES string of the molecule is CC(C)O.CC(C)O.O=C1CCCCC1. The first kappa shape index (κ1) is 17.0. The Balaban J connectivity index is 0. The summed E-state index contributed by atoms with van der Waals surface area (Å²) in [6.07, 6.45) is 4.91. The maximum absolute atomic E-state index is 10.5. The highest BCUT2D eigenvalue weighted by Gasteiger charge is 2.05. The van der Waals surface area contributed by atoms with Gasteiger partial charge in [-0.3, -0.25) is 4.79 Å². The summed E-state index contributed by atoms with van der Waals surface area (Å²) < 4.78 is 0. The number of carbonyl (C=O) groups excluding carboxylic acids is 1. The maximum Gasteiger partial charge on any atom is 0.132 e. The van der Waals surface area contributed by atoms with Crippen molar-refractivity contribution in [2.75, 3.05) is 0 Å². The first-order valence-corrected chi connectivity index (χ1v) is 5.74. The summed E-state index contributed by atoms with van der Waals surface area (Å²) in [7, 11) is 0. The molecule has 1 rings (SSSR count). The van der Waals surface area contributed by atoms with E-state index in [9.17, 15) is 4.79 Å². The Morgan fingerprint density at radius 2 is 1.13 bits per heavy atom. The smallest absolute Gasteiger partial charge is 0.132 e. The number of aliphatic hydroxyl groups excluding tert-OH is 2. The zero-order chi connectivity index (χ0) is 12.3. The molecule has 0 aromatic carbocycles. The van der Waals surface area contributed by atoms with E-state index in [0.717, 1.165) is 25.7 Å². The summed E-state index contributed by atoms with van der Waals surface area (Å²) in [6.45, 7) is 6.89. The van der Waals surface area contributed by atoms with Gasteiger partial charge in [0.25, 0.3) is 0 Å². The second-order valence-electron chi connectivity index (χ2n) is 4.29. The molecule has 0 aromatic rings. The average Bonchev–Trinajstić information content (AvgIpc) is 2.03. The van der Waals surface area contributed by atoms with E-state index in [2.05, 4.69) is 0 Å². The molecule has 0 bridgehead atoms. The zero-order valence-electron chi connectivity index (χ0n) is 10.5. The van der Waals surface area contributed by atoms with Crippen molar-refractivity contribution < 1.29 is 15.0 Å². The fourth-order valence-electron chi connectivity index (χ4n) is 0.946. The third kappa shape index (κ3) is 31.7. The first-order valence-electron chi connectivity index (χ1n) is 5.74. The molecule has 15 heavy (non-hydrogen) atoms.